The van der Waals surface area contributed by atoms with Gasteiger partial charge in [-0.25, -0.2) is 9.18 Å². The van der Waals surface area contributed by atoms with E-state index in [1.54, 1.807) is 24.4 Å². The lowest BCUT2D eigenvalue weighted by atomic mass is 10.1. The summed E-state index contributed by atoms with van der Waals surface area (Å²) >= 11 is 1.40. The molecule has 5 heteroatoms. The first-order valence-electron chi connectivity index (χ1n) is 5.15. The van der Waals surface area contributed by atoms with Crippen LogP contribution in [0.4, 0.5) is 4.39 Å². The summed E-state index contributed by atoms with van der Waals surface area (Å²) in [4.78, 5) is 11.3. The third-order valence-corrected chi connectivity index (χ3v) is 3.29. The van der Waals surface area contributed by atoms with Crippen LogP contribution in [0.1, 0.15) is 18.6 Å². The molecule has 0 saturated carbocycles. The molecule has 1 aromatic heterocycles. The van der Waals surface area contributed by atoms with Gasteiger partial charge in [-0.15, -0.1) is 11.3 Å². The summed E-state index contributed by atoms with van der Waals surface area (Å²) in [5.41, 5.74) is -0.0469. The van der Waals surface area contributed by atoms with Gasteiger partial charge in [-0.05, 0) is 24.4 Å². The Morgan fingerprint density at radius 2 is 2.29 bits per heavy atom. The highest BCUT2D eigenvalue weighted by Gasteiger charge is 2.23. The molecule has 3 nitrogen and oxygen atoms in total. The van der Waals surface area contributed by atoms with Crippen LogP contribution >= 0.6 is 11.3 Å². The van der Waals surface area contributed by atoms with E-state index in [2.05, 4.69) is 4.74 Å². The molecule has 1 N–H and O–H groups in total. The van der Waals surface area contributed by atoms with Crippen LogP contribution in [0, 0.1) is 5.82 Å². The Morgan fingerprint density at radius 3 is 3.00 bits per heavy atom. The fourth-order valence-corrected chi connectivity index (χ4v) is 2.37. The van der Waals surface area contributed by atoms with Gasteiger partial charge >= 0.3 is 5.97 Å². The quantitative estimate of drug-likeness (QED) is 0.856. The molecule has 0 spiro atoms. The molecule has 17 heavy (non-hydrogen) atoms. The lowest BCUT2D eigenvalue weighted by Crippen LogP contribution is -2.16. The van der Waals surface area contributed by atoms with Crippen molar-refractivity contribution in [2.45, 2.75) is 13.0 Å². The fourth-order valence-electron chi connectivity index (χ4n) is 1.58. The number of ether oxygens (including phenoxy) is 1. The van der Waals surface area contributed by atoms with Crippen molar-refractivity contribution in [2.24, 2.45) is 0 Å². The number of aliphatic hydroxyl groups is 1. The van der Waals surface area contributed by atoms with Gasteiger partial charge in [0, 0.05) is 15.6 Å². The maximum absolute atomic E-state index is 14.0. The number of benzene rings is 1. The summed E-state index contributed by atoms with van der Waals surface area (Å²) in [6.07, 6.45) is -1.57. The second-order valence-electron chi connectivity index (χ2n) is 3.46. The minimum atomic E-state index is -1.57. The van der Waals surface area contributed by atoms with Crippen molar-refractivity contribution >= 4 is 27.4 Å². The van der Waals surface area contributed by atoms with Crippen LogP contribution in [0.5, 0.6) is 0 Å². The van der Waals surface area contributed by atoms with Crippen LogP contribution in [0.2, 0.25) is 0 Å². The molecule has 0 fully saturated rings. The number of thiophene rings is 1. The average molecular weight is 254 g/mol. The zero-order chi connectivity index (χ0) is 12.4. The van der Waals surface area contributed by atoms with Crippen LogP contribution in [0.15, 0.2) is 23.6 Å². The van der Waals surface area contributed by atoms with E-state index in [-0.39, 0.29) is 12.2 Å². The number of fused-ring (bicyclic) bond motifs is 1. The minimum Gasteiger partial charge on any atom is -0.464 e. The number of rotatable bonds is 3. The van der Waals surface area contributed by atoms with Gasteiger partial charge in [-0.1, -0.05) is 6.07 Å². The molecule has 2 aromatic rings. The Kier molecular flexibility index (Phi) is 3.40. The summed E-state index contributed by atoms with van der Waals surface area (Å²) in [5, 5.41) is 11.9. The zero-order valence-corrected chi connectivity index (χ0v) is 9.96. The van der Waals surface area contributed by atoms with E-state index < -0.39 is 17.9 Å². The monoisotopic (exact) mass is 254 g/mol. The maximum atomic E-state index is 14.0. The van der Waals surface area contributed by atoms with Crippen molar-refractivity contribution in [3.8, 4) is 0 Å². The van der Waals surface area contributed by atoms with Crippen LogP contribution in [-0.4, -0.2) is 17.7 Å². The predicted octanol–water partition coefficient (Wildman–Crippen LogP) is 2.64. The third kappa shape index (κ3) is 2.16. The van der Waals surface area contributed by atoms with E-state index in [0.29, 0.717) is 5.39 Å². The van der Waals surface area contributed by atoms with Crippen molar-refractivity contribution < 1.29 is 19.0 Å². The molecule has 0 amide bonds. The molecular formula is C12H11FO3S. The van der Waals surface area contributed by atoms with Crippen molar-refractivity contribution in [1.29, 1.82) is 0 Å². The lowest BCUT2D eigenvalue weighted by Gasteiger charge is -2.11. The number of hydrogen-bond acceptors (Lipinski definition) is 4. The largest absolute Gasteiger partial charge is 0.464 e. The summed E-state index contributed by atoms with van der Waals surface area (Å²) in [6.45, 7) is 1.78. The Bertz CT molecular complexity index is 550. The predicted molar refractivity (Wildman–Crippen MR) is 63.4 cm³/mol. The molecule has 1 aromatic carbocycles. The molecule has 0 saturated heterocycles. The molecule has 1 unspecified atom stereocenters. The second kappa shape index (κ2) is 4.81. The van der Waals surface area contributed by atoms with Gasteiger partial charge in [-0.2, -0.15) is 0 Å². The molecule has 0 bridgehead atoms. The van der Waals surface area contributed by atoms with Crippen molar-refractivity contribution in [3.63, 3.8) is 0 Å². The molecule has 1 atom stereocenters. The van der Waals surface area contributed by atoms with Gasteiger partial charge in [0.05, 0.1) is 6.61 Å². The standard InChI is InChI=1S/C12H11FO3S/c1-2-16-12(15)11(14)8-3-4-9-7(10(8)13)5-6-17-9/h3-6,11,14H,2H2,1H3. The van der Waals surface area contributed by atoms with Crippen molar-refractivity contribution in [1.82, 2.24) is 0 Å². The maximum Gasteiger partial charge on any atom is 0.339 e. The second-order valence-corrected chi connectivity index (χ2v) is 4.40. The Hall–Kier alpha value is -1.46. The zero-order valence-electron chi connectivity index (χ0n) is 9.14. The molecule has 1 heterocycles. The number of hydrogen-bond donors (Lipinski definition) is 1. The molecule has 2 rings (SSSR count). The first kappa shape index (κ1) is 12.0. The highest BCUT2D eigenvalue weighted by Crippen LogP contribution is 2.29. The van der Waals surface area contributed by atoms with Crippen molar-refractivity contribution in [2.75, 3.05) is 6.61 Å². The topological polar surface area (TPSA) is 46.5 Å². The summed E-state index contributed by atoms with van der Waals surface area (Å²) < 4.78 is 19.4. The normalized spacial score (nSPS) is 12.6. The Labute approximate surface area is 101 Å². The third-order valence-electron chi connectivity index (χ3n) is 2.40. The molecular weight excluding hydrogens is 243 g/mol. The number of carbonyl (C=O) groups excluding carboxylic acids is 1. The van der Waals surface area contributed by atoms with E-state index in [1.807, 2.05) is 0 Å². The minimum absolute atomic E-state index is 0.0469. The smallest absolute Gasteiger partial charge is 0.339 e. The molecule has 0 radical (unpaired) electrons. The van der Waals surface area contributed by atoms with Crippen LogP contribution < -0.4 is 0 Å². The molecule has 0 aliphatic carbocycles. The van der Waals surface area contributed by atoms with E-state index in [9.17, 15) is 14.3 Å². The Morgan fingerprint density at radius 1 is 1.53 bits per heavy atom. The van der Waals surface area contributed by atoms with E-state index in [1.165, 1.54) is 17.4 Å². The summed E-state index contributed by atoms with van der Waals surface area (Å²) in [5.74, 6) is -1.40. The van der Waals surface area contributed by atoms with Gasteiger partial charge in [-0.3, -0.25) is 0 Å². The fraction of sp³-hybridized carbons (Fsp3) is 0.250. The highest BCUT2D eigenvalue weighted by atomic mass is 32.1. The van der Waals surface area contributed by atoms with Crippen LogP contribution in [0.3, 0.4) is 0 Å². The van der Waals surface area contributed by atoms with Crippen molar-refractivity contribution in [3.05, 3.63) is 35.0 Å². The lowest BCUT2D eigenvalue weighted by molar-refractivity contribution is -0.153. The van der Waals surface area contributed by atoms with Crippen LogP contribution in [-0.2, 0) is 9.53 Å². The van der Waals surface area contributed by atoms with Gasteiger partial charge in [0.25, 0.3) is 0 Å². The number of aliphatic hydroxyl groups excluding tert-OH is 1. The SMILES string of the molecule is CCOC(=O)C(O)c1ccc2sccc2c1F. The van der Waals surface area contributed by atoms with Gasteiger partial charge in [0.1, 0.15) is 5.82 Å². The number of halogens is 1. The molecule has 90 valence electrons. The van der Waals surface area contributed by atoms with E-state index in [4.69, 9.17) is 0 Å². The average Bonchev–Trinajstić information content (AvgIpc) is 2.78. The Balaban J connectivity index is 2.41. The van der Waals surface area contributed by atoms with E-state index in [0.717, 1.165) is 4.70 Å². The first-order chi connectivity index (χ1) is 8.15. The first-order valence-corrected chi connectivity index (χ1v) is 6.03. The summed E-state index contributed by atoms with van der Waals surface area (Å²) in [7, 11) is 0. The van der Waals surface area contributed by atoms with E-state index >= 15 is 0 Å². The number of esters is 1. The van der Waals surface area contributed by atoms with Gasteiger partial charge < -0.3 is 9.84 Å². The highest BCUT2D eigenvalue weighted by molar-refractivity contribution is 7.17. The summed E-state index contributed by atoms with van der Waals surface area (Å²) in [6, 6.07) is 4.72. The number of carbonyl (C=O) groups is 1. The molecule has 0 aliphatic heterocycles. The van der Waals surface area contributed by atoms with Gasteiger partial charge in [0.2, 0.25) is 0 Å². The van der Waals surface area contributed by atoms with Gasteiger partial charge in [0.15, 0.2) is 6.10 Å². The van der Waals surface area contributed by atoms with Crippen LogP contribution in [0.25, 0.3) is 10.1 Å². The molecule has 0 aliphatic rings.